The Morgan fingerprint density at radius 3 is 3.12 bits per heavy atom. The monoisotopic (exact) mass is 390 g/mol. The lowest BCUT2D eigenvalue weighted by molar-refractivity contribution is -0.131. The third kappa shape index (κ3) is 4.23. The molecule has 1 aromatic heterocycles. The van der Waals surface area contributed by atoms with Gasteiger partial charge in [-0.3, -0.25) is 9.48 Å². The van der Waals surface area contributed by atoms with Crippen molar-refractivity contribution in [2.45, 2.75) is 32.4 Å². The predicted octanol–water partition coefficient (Wildman–Crippen LogP) is 2.65. The molecule has 1 unspecified atom stereocenters. The molecule has 2 aromatic rings. The molecule has 126 valence electrons. The highest BCUT2D eigenvalue weighted by Crippen LogP contribution is 2.19. The van der Waals surface area contributed by atoms with Crippen LogP contribution in [0.15, 0.2) is 46.3 Å². The van der Waals surface area contributed by atoms with Gasteiger partial charge in [0, 0.05) is 35.7 Å². The van der Waals surface area contributed by atoms with E-state index in [9.17, 15) is 4.79 Å². The Balaban J connectivity index is 1.42. The number of benzene rings is 1. The molecule has 0 radical (unpaired) electrons. The van der Waals surface area contributed by atoms with Crippen LogP contribution in [0.4, 0.5) is 0 Å². The molecule has 0 spiro atoms. The summed E-state index contributed by atoms with van der Waals surface area (Å²) in [6.45, 7) is 3.37. The van der Waals surface area contributed by atoms with Gasteiger partial charge >= 0.3 is 0 Å². The van der Waals surface area contributed by atoms with E-state index in [-0.39, 0.29) is 5.91 Å². The summed E-state index contributed by atoms with van der Waals surface area (Å²) < 4.78 is 2.85. The molecule has 1 atom stereocenters. The number of hydrogen-bond donors (Lipinski definition) is 1. The Labute approximate surface area is 149 Å². The number of amides is 1. The lowest BCUT2D eigenvalue weighted by Gasteiger charge is -2.09. The van der Waals surface area contributed by atoms with E-state index in [0.29, 0.717) is 13.0 Å². The Kier molecular flexibility index (Phi) is 5.30. The zero-order valence-electron chi connectivity index (χ0n) is 13.4. The van der Waals surface area contributed by atoms with Crippen molar-refractivity contribution in [2.24, 2.45) is 5.16 Å². The highest BCUT2D eigenvalue weighted by Gasteiger charge is 2.28. The second-order valence-electron chi connectivity index (χ2n) is 5.77. The Morgan fingerprint density at radius 1 is 1.50 bits per heavy atom. The van der Waals surface area contributed by atoms with E-state index in [4.69, 9.17) is 4.84 Å². The highest BCUT2D eigenvalue weighted by molar-refractivity contribution is 9.10. The molecule has 0 bridgehead atoms. The summed E-state index contributed by atoms with van der Waals surface area (Å²) in [6, 6.07) is 7.81. The van der Waals surface area contributed by atoms with E-state index in [0.717, 1.165) is 34.3 Å². The number of carbonyl (C=O) groups excluding carboxylic acids is 1. The summed E-state index contributed by atoms with van der Waals surface area (Å²) in [6.07, 6.45) is 4.57. The van der Waals surface area contributed by atoms with Gasteiger partial charge in [-0.25, -0.2) is 0 Å². The number of carbonyl (C=O) groups is 1. The number of aryl methyl sites for hydroxylation is 2. The predicted molar refractivity (Wildman–Crippen MR) is 94.8 cm³/mol. The lowest BCUT2D eigenvalue weighted by atomic mass is 10.0. The van der Waals surface area contributed by atoms with Crippen molar-refractivity contribution >= 4 is 27.5 Å². The van der Waals surface area contributed by atoms with Crippen molar-refractivity contribution in [3.8, 4) is 0 Å². The summed E-state index contributed by atoms with van der Waals surface area (Å²) >= 11 is 3.43. The van der Waals surface area contributed by atoms with E-state index in [1.165, 1.54) is 0 Å². The largest absolute Gasteiger partial charge is 0.382 e. The molecule has 7 heteroatoms. The van der Waals surface area contributed by atoms with Crippen LogP contribution in [-0.4, -0.2) is 34.0 Å². The van der Waals surface area contributed by atoms with Crippen LogP contribution in [0.1, 0.15) is 24.0 Å². The number of nitrogens with zero attached hydrogens (tertiary/aromatic N) is 3. The maximum Gasteiger partial charge on any atom is 0.264 e. The van der Waals surface area contributed by atoms with Crippen molar-refractivity contribution < 1.29 is 9.63 Å². The Hall–Kier alpha value is -2.15. The van der Waals surface area contributed by atoms with Crippen LogP contribution in [0.3, 0.4) is 0 Å². The molecule has 1 aliphatic heterocycles. The van der Waals surface area contributed by atoms with E-state index in [2.05, 4.69) is 31.5 Å². The van der Waals surface area contributed by atoms with E-state index in [1.807, 2.05) is 48.3 Å². The normalized spacial score (nSPS) is 16.6. The highest BCUT2D eigenvalue weighted by atomic mass is 79.9. The third-order valence-electron chi connectivity index (χ3n) is 3.74. The Morgan fingerprint density at radius 2 is 2.38 bits per heavy atom. The van der Waals surface area contributed by atoms with Crippen LogP contribution in [0.5, 0.6) is 0 Å². The second kappa shape index (κ2) is 7.61. The molecule has 24 heavy (non-hydrogen) atoms. The SMILES string of the molecule is Cc1cnn(CCCNC(=O)C2CC(c3cccc(Br)c3)=NO2)c1. The molecule has 1 N–H and O–H groups in total. The van der Waals surface area contributed by atoms with Crippen LogP contribution in [0, 0.1) is 6.92 Å². The summed E-state index contributed by atoms with van der Waals surface area (Å²) in [5, 5.41) is 11.2. The molecule has 0 fully saturated rings. The number of aromatic nitrogens is 2. The fourth-order valence-electron chi connectivity index (χ4n) is 2.51. The van der Waals surface area contributed by atoms with E-state index < -0.39 is 6.10 Å². The average Bonchev–Trinajstić information content (AvgIpc) is 3.20. The molecule has 0 aliphatic carbocycles. The summed E-state index contributed by atoms with van der Waals surface area (Å²) in [7, 11) is 0. The van der Waals surface area contributed by atoms with Gasteiger partial charge in [-0.2, -0.15) is 5.10 Å². The van der Waals surface area contributed by atoms with E-state index in [1.54, 1.807) is 0 Å². The first-order valence-corrected chi connectivity index (χ1v) is 8.66. The van der Waals surface area contributed by atoms with Crippen molar-refractivity contribution in [2.75, 3.05) is 6.54 Å². The molecule has 1 aliphatic rings. The first kappa shape index (κ1) is 16.7. The van der Waals surface area contributed by atoms with Gasteiger partial charge in [0.15, 0.2) is 0 Å². The van der Waals surface area contributed by atoms with E-state index >= 15 is 0 Å². The average molecular weight is 391 g/mol. The molecule has 1 aromatic carbocycles. The van der Waals surface area contributed by atoms with Crippen molar-refractivity contribution in [1.82, 2.24) is 15.1 Å². The zero-order chi connectivity index (χ0) is 16.9. The molecule has 0 saturated carbocycles. The number of hydrogen-bond acceptors (Lipinski definition) is 4. The molecule has 1 amide bonds. The number of rotatable bonds is 6. The number of nitrogens with one attached hydrogen (secondary N) is 1. The van der Waals surface area contributed by atoms with Gasteiger partial charge in [-0.15, -0.1) is 0 Å². The van der Waals surface area contributed by atoms with Gasteiger partial charge in [0.1, 0.15) is 0 Å². The van der Waals surface area contributed by atoms with Gasteiger partial charge in [-0.05, 0) is 31.0 Å². The third-order valence-corrected chi connectivity index (χ3v) is 4.24. The summed E-state index contributed by atoms with van der Waals surface area (Å²) in [5.41, 5.74) is 2.90. The van der Waals surface area contributed by atoms with Crippen LogP contribution in [-0.2, 0) is 16.2 Å². The van der Waals surface area contributed by atoms with Gasteiger partial charge < -0.3 is 10.2 Å². The van der Waals surface area contributed by atoms with Crippen LogP contribution in [0.25, 0.3) is 0 Å². The fraction of sp³-hybridized carbons (Fsp3) is 0.353. The first-order chi connectivity index (χ1) is 11.6. The van der Waals surface area contributed by atoms with Gasteiger partial charge in [0.2, 0.25) is 6.10 Å². The topological polar surface area (TPSA) is 68.5 Å². The number of halogens is 1. The summed E-state index contributed by atoms with van der Waals surface area (Å²) in [5.74, 6) is -0.125. The Bertz CT molecular complexity index is 757. The minimum Gasteiger partial charge on any atom is -0.382 e. The van der Waals surface area contributed by atoms with Crippen molar-refractivity contribution in [3.63, 3.8) is 0 Å². The minimum atomic E-state index is -0.550. The molecular weight excluding hydrogens is 372 g/mol. The quantitative estimate of drug-likeness (QED) is 0.770. The lowest BCUT2D eigenvalue weighted by Crippen LogP contribution is -2.35. The molecule has 3 rings (SSSR count). The van der Waals surface area contributed by atoms with Crippen LogP contribution in [0.2, 0.25) is 0 Å². The second-order valence-corrected chi connectivity index (χ2v) is 6.69. The van der Waals surface area contributed by atoms with Crippen molar-refractivity contribution in [3.05, 3.63) is 52.3 Å². The number of oxime groups is 1. The maximum atomic E-state index is 12.2. The first-order valence-electron chi connectivity index (χ1n) is 7.87. The molecule has 0 saturated heterocycles. The minimum absolute atomic E-state index is 0.125. The molecule has 2 heterocycles. The van der Waals surface area contributed by atoms with Crippen molar-refractivity contribution in [1.29, 1.82) is 0 Å². The van der Waals surface area contributed by atoms with Crippen LogP contribution < -0.4 is 5.32 Å². The molecular formula is C17H19BrN4O2. The fourth-order valence-corrected chi connectivity index (χ4v) is 2.91. The summed E-state index contributed by atoms with van der Waals surface area (Å²) in [4.78, 5) is 17.4. The van der Waals surface area contributed by atoms with Gasteiger partial charge in [0.05, 0.1) is 11.9 Å². The smallest absolute Gasteiger partial charge is 0.264 e. The molecule has 6 nitrogen and oxygen atoms in total. The van der Waals surface area contributed by atoms with Gasteiger partial charge in [0.25, 0.3) is 5.91 Å². The maximum absolute atomic E-state index is 12.2. The van der Waals surface area contributed by atoms with Crippen LogP contribution >= 0.6 is 15.9 Å². The standard InChI is InChI=1S/C17H19BrN4O2/c1-12-10-20-22(11-12)7-3-6-19-17(23)16-9-15(21-24-16)13-4-2-5-14(18)8-13/h2,4-5,8,10-11,16H,3,6-7,9H2,1H3,(H,19,23). The van der Waals surface area contributed by atoms with Gasteiger partial charge in [-0.1, -0.05) is 33.2 Å². The zero-order valence-corrected chi connectivity index (χ0v) is 15.0.